The molecule has 2 aromatic heterocycles. The van der Waals surface area contributed by atoms with Crippen LogP contribution in [-0.2, 0) is 4.79 Å². The van der Waals surface area contributed by atoms with Crippen LogP contribution in [0.1, 0.15) is 39.3 Å². The summed E-state index contributed by atoms with van der Waals surface area (Å²) >= 11 is 0. The molecule has 2 aromatic rings. The van der Waals surface area contributed by atoms with E-state index in [-0.39, 0.29) is 11.9 Å². The van der Waals surface area contributed by atoms with Crippen molar-refractivity contribution in [3.05, 3.63) is 48.1 Å². The monoisotopic (exact) mass is 362 g/mol. The van der Waals surface area contributed by atoms with Gasteiger partial charge in [0.25, 0.3) is 0 Å². The molecule has 2 radical (unpaired) electrons. The molecule has 1 amide bonds. The van der Waals surface area contributed by atoms with E-state index >= 15 is 0 Å². The number of fused-ring (bicyclic) bond motifs is 1. The molecule has 3 rings (SSSR count). The number of dihydropyridines is 1. The Bertz CT molecular complexity index is 937. The van der Waals surface area contributed by atoms with Gasteiger partial charge in [0.2, 0.25) is 5.91 Å². The zero-order chi connectivity index (χ0) is 19.6. The number of carbonyl (C=O) groups is 1. The summed E-state index contributed by atoms with van der Waals surface area (Å²) in [4.78, 5) is 20.0. The van der Waals surface area contributed by atoms with E-state index in [1.54, 1.807) is 18.5 Å². The maximum atomic E-state index is 11.2. The molecule has 0 spiro atoms. The first-order valence-electron chi connectivity index (χ1n) is 9.00. The number of amides is 1. The van der Waals surface area contributed by atoms with Gasteiger partial charge in [0.1, 0.15) is 13.7 Å². The third-order valence-electron chi connectivity index (χ3n) is 4.62. The van der Waals surface area contributed by atoms with Crippen molar-refractivity contribution >= 4 is 35.9 Å². The summed E-state index contributed by atoms with van der Waals surface area (Å²) in [7, 11) is 6.04. The first-order valence-corrected chi connectivity index (χ1v) is 9.00. The fraction of sp³-hybridized carbons (Fsp3) is 0.350. The largest absolute Gasteiger partial charge is 0.397 e. The van der Waals surface area contributed by atoms with E-state index in [9.17, 15) is 9.90 Å². The Kier molecular flexibility index (Phi) is 5.32. The van der Waals surface area contributed by atoms with Crippen LogP contribution in [0, 0.1) is 0 Å². The Balaban J connectivity index is 1.86. The third kappa shape index (κ3) is 4.19. The normalized spacial score (nSPS) is 18.9. The lowest BCUT2D eigenvalue weighted by atomic mass is 9.71. The molecule has 0 bridgehead atoms. The van der Waals surface area contributed by atoms with E-state index in [2.05, 4.69) is 20.6 Å². The summed E-state index contributed by atoms with van der Waals surface area (Å²) in [6.07, 6.45) is 8.57. The van der Waals surface area contributed by atoms with Crippen molar-refractivity contribution in [3.8, 4) is 0 Å². The number of pyridine rings is 2. The number of aromatic nitrogens is 2. The number of aliphatic hydroxyl groups is 1. The van der Waals surface area contributed by atoms with Crippen LogP contribution < -0.4 is 10.6 Å². The number of hydrogen-bond donors (Lipinski definition) is 3. The predicted octanol–water partition coefficient (Wildman–Crippen LogP) is 2.50. The van der Waals surface area contributed by atoms with Crippen molar-refractivity contribution in [2.45, 2.75) is 45.2 Å². The second-order valence-corrected chi connectivity index (χ2v) is 6.96. The maximum absolute atomic E-state index is 11.2. The number of nitrogens with zero attached hydrogens (tertiary/aromatic N) is 2. The molecule has 7 heteroatoms. The lowest BCUT2D eigenvalue weighted by Gasteiger charge is -2.34. The molecular weight excluding hydrogens is 339 g/mol. The van der Waals surface area contributed by atoms with E-state index < -0.39 is 5.50 Å². The zero-order valence-corrected chi connectivity index (χ0v) is 15.8. The van der Waals surface area contributed by atoms with Crippen LogP contribution in [0.25, 0.3) is 16.3 Å². The van der Waals surface area contributed by atoms with Crippen LogP contribution in [0.4, 0.5) is 5.82 Å². The Labute approximate surface area is 160 Å². The van der Waals surface area contributed by atoms with Gasteiger partial charge in [-0.25, -0.2) is 4.98 Å². The fourth-order valence-corrected chi connectivity index (χ4v) is 3.23. The molecule has 0 saturated heterocycles. The van der Waals surface area contributed by atoms with Crippen molar-refractivity contribution in [2.24, 2.45) is 0 Å². The highest BCUT2D eigenvalue weighted by Gasteiger charge is 2.30. The van der Waals surface area contributed by atoms with Gasteiger partial charge < -0.3 is 15.7 Å². The molecule has 3 heterocycles. The minimum absolute atomic E-state index is 0.164. The minimum atomic E-state index is -1.29. The average molecular weight is 362 g/mol. The molecule has 0 fully saturated rings. The highest BCUT2D eigenvalue weighted by molar-refractivity contribution is 6.15. The summed E-state index contributed by atoms with van der Waals surface area (Å²) in [5.41, 5.74) is 1.44. The highest BCUT2D eigenvalue weighted by Crippen LogP contribution is 2.29. The van der Waals surface area contributed by atoms with Gasteiger partial charge in [0, 0.05) is 47.4 Å². The minimum Gasteiger partial charge on any atom is -0.397 e. The summed E-state index contributed by atoms with van der Waals surface area (Å²) in [6, 6.07) is 3.40. The summed E-state index contributed by atoms with van der Waals surface area (Å²) < 4.78 is 0. The van der Waals surface area contributed by atoms with Crippen molar-refractivity contribution in [1.82, 2.24) is 15.3 Å². The molecule has 6 nitrogen and oxygen atoms in total. The van der Waals surface area contributed by atoms with Crippen LogP contribution in [0.5, 0.6) is 0 Å². The van der Waals surface area contributed by atoms with Gasteiger partial charge in [-0.15, -0.1) is 0 Å². The highest BCUT2D eigenvalue weighted by atomic mass is 16.3. The van der Waals surface area contributed by atoms with Crippen LogP contribution in [0.2, 0.25) is 0 Å². The Morgan fingerprint density at radius 3 is 2.70 bits per heavy atom. The molecule has 3 N–H and O–H groups in total. The lowest BCUT2D eigenvalue weighted by Crippen LogP contribution is -2.49. The second-order valence-electron chi connectivity index (χ2n) is 6.96. The topological polar surface area (TPSA) is 87.1 Å². The predicted molar refractivity (Wildman–Crippen MR) is 108 cm³/mol. The quantitative estimate of drug-likeness (QED) is 0.712. The van der Waals surface area contributed by atoms with Gasteiger partial charge in [0.05, 0.1) is 11.7 Å². The Hall–Kier alpha value is -2.67. The maximum Gasteiger partial charge on any atom is 0.222 e. The van der Waals surface area contributed by atoms with Crippen LogP contribution >= 0.6 is 0 Å². The molecule has 2 unspecified atom stereocenters. The summed E-state index contributed by atoms with van der Waals surface area (Å²) in [6.45, 7) is 5.41. The average Bonchev–Trinajstić information content (AvgIpc) is 2.60. The number of nitrogens with one attached hydrogen (secondary N) is 2. The van der Waals surface area contributed by atoms with Crippen LogP contribution in [-0.4, -0.2) is 40.4 Å². The number of rotatable bonds is 5. The summed E-state index contributed by atoms with van der Waals surface area (Å²) in [5, 5.41) is 18.1. The molecule has 0 aliphatic carbocycles. The molecule has 0 saturated carbocycles. The van der Waals surface area contributed by atoms with Crippen LogP contribution in [0.15, 0.2) is 42.4 Å². The number of carbonyl (C=O) groups excluding carboxylic acids is 1. The molecular formula is C20H23BN4O2. The molecule has 27 heavy (non-hydrogen) atoms. The van der Waals surface area contributed by atoms with Gasteiger partial charge in [0.15, 0.2) is 0 Å². The fourth-order valence-electron chi connectivity index (χ4n) is 3.23. The second kappa shape index (κ2) is 7.52. The number of hydrogen-bond acceptors (Lipinski definition) is 5. The van der Waals surface area contributed by atoms with E-state index in [1.807, 2.05) is 32.2 Å². The molecule has 0 aromatic carbocycles. The molecule has 2 atom stereocenters. The smallest absolute Gasteiger partial charge is 0.222 e. The van der Waals surface area contributed by atoms with E-state index in [4.69, 9.17) is 7.85 Å². The van der Waals surface area contributed by atoms with Gasteiger partial charge >= 0.3 is 0 Å². The van der Waals surface area contributed by atoms with E-state index in [0.717, 1.165) is 34.0 Å². The number of anilines is 1. The standard InChI is InChI=1S/C20H23BN4O2/c1-4-5-20(21,27)18-6-12(2)16(11-23-18)17-7-14-10-24-19(25-13(3)26)8-15(14)9-22-17/h6-11,18,23,27H,4-5H2,1-3H3,(H,24,25,26). The van der Waals surface area contributed by atoms with Crippen molar-refractivity contribution < 1.29 is 9.90 Å². The van der Waals surface area contributed by atoms with Gasteiger partial charge in [-0.3, -0.25) is 9.78 Å². The van der Waals surface area contributed by atoms with Gasteiger partial charge in [-0.2, -0.15) is 0 Å². The van der Waals surface area contributed by atoms with Crippen LogP contribution in [0.3, 0.4) is 0 Å². The Morgan fingerprint density at radius 2 is 2.04 bits per heavy atom. The third-order valence-corrected chi connectivity index (χ3v) is 4.62. The van der Waals surface area contributed by atoms with Gasteiger partial charge in [-0.1, -0.05) is 19.4 Å². The first kappa shape index (κ1) is 19.1. The van der Waals surface area contributed by atoms with Crippen molar-refractivity contribution in [1.29, 1.82) is 0 Å². The molecule has 1 aliphatic heterocycles. The SMILES string of the molecule is [B]C(O)(CCC)C1C=C(C)C(c2cc3cnc(NC(C)=O)cc3cn2)=CN1. The molecule has 138 valence electrons. The summed E-state index contributed by atoms with van der Waals surface area (Å²) in [5.74, 6) is 0.336. The van der Waals surface area contributed by atoms with Crippen molar-refractivity contribution in [3.63, 3.8) is 0 Å². The van der Waals surface area contributed by atoms with Crippen molar-refractivity contribution in [2.75, 3.05) is 5.32 Å². The zero-order valence-electron chi connectivity index (χ0n) is 15.8. The number of allylic oxidation sites excluding steroid dienone is 2. The van der Waals surface area contributed by atoms with Gasteiger partial charge in [-0.05, 0) is 31.1 Å². The van der Waals surface area contributed by atoms with E-state index in [0.29, 0.717) is 12.2 Å². The molecule has 1 aliphatic rings. The van der Waals surface area contributed by atoms with E-state index in [1.165, 1.54) is 6.92 Å². The lowest BCUT2D eigenvalue weighted by molar-refractivity contribution is -0.114. The Morgan fingerprint density at radius 1 is 1.33 bits per heavy atom. The first-order chi connectivity index (χ1) is 12.8.